The summed E-state index contributed by atoms with van der Waals surface area (Å²) in [5, 5.41) is 8.58. The molecule has 1 heterocycles. The molecule has 0 atom stereocenters. The number of amides is 2. The molecule has 3 rings (SSSR count). The number of thioether (sulfide) groups is 1. The predicted molar refractivity (Wildman–Crippen MR) is 113 cm³/mol. The molecule has 8 heteroatoms. The highest BCUT2D eigenvalue weighted by atomic mass is 35.5. The van der Waals surface area contributed by atoms with E-state index >= 15 is 0 Å². The number of hydrogen-bond acceptors (Lipinski definition) is 5. The summed E-state index contributed by atoms with van der Waals surface area (Å²) in [6, 6.07) is 14.8. The minimum Gasteiger partial charge on any atom is -0.326 e. The number of carbonyl (C=O) groups is 2. The van der Waals surface area contributed by atoms with Crippen LogP contribution in [0.25, 0.3) is 11.3 Å². The van der Waals surface area contributed by atoms with E-state index in [0.717, 1.165) is 21.8 Å². The fourth-order valence-corrected chi connectivity index (χ4v) is 4.03. The summed E-state index contributed by atoms with van der Waals surface area (Å²) in [5.74, 6) is 0.00208. The Bertz CT molecular complexity index is 958. The quantitative estimate of drug-likeness (QED) is 0.544. The van der Waals surface area contributed by atoms with Crippen molar-refractivity contribution in [3.05, 3.63) is 58.9 Å². The zero-order valence-electron chi connectivity index (χ0n) is 14.4. The van der Waals surface area contributed by atoms with Gasteiger partial charge in [0.25, 0.3) is 0 Å². The molecular formula is C19H16ClN3O2S2. The molecule has 0 aliphatic carbocycles. The number of carbonyl (C=O) groups excluding carboxylic acids is 2. The minimum absolute atomic E-state index is 0.115. The van der Waals surface area contributed by atoms with Crippen LogP contribution in [0.5, 0.6) is 0 Å². The summed E-state index contributed by atoms with van der Waals surface area (Å²) in [7, 11) is 0. The Morgan fingerprint density at radius 2 is 1.85 bits per heavy atom. The van der Waals surface area contributed by atoms with Crippen molar-refractivity contribution in [2.75, 3.05) is 16.4 Å². The molecular weight excluding hydrogens is 402 g/mol. The highest BCUT2D eigenvalue weighted by Crippen LogP contribution is 2.28. The van der Waals surface area contributed by atoms with E-state index in [2.05, 4.69) is 15.6 Å². The SMILES string of the molecule is CC(=O)Nc1ccc(-c2csc(NC(=O)CSc3ccccc3Cl)n2)cc1. The lowest BCUT2D eigenvalue weighted by atomic mass is 10.1. The van der Waals surface area contributed by atoms with Crippen LogP contribution < -0.4 is 10.6 Å². The third kappa shape index (κ3) is 5.56. The van der Waals surface area contributed by atoms with Crippen LogP contribution in [0, 0.1) is 0 Å². The van der Waals surface area contributed by atoms with Crippen LogP contribution in [0.2, 0.25) is 5.02 Å². The number of nitrogens with one attached hydrogen (secondary N) is 2. The van der Waals surface area contributed by atoms with Crippen molar-refractivity contribution in [1.82, 2.24) is 4.98 Å². The van der Waals surface area contributed by atoms with Crippen molar-refractivity contribution >= 4 is 57.3 Å². The fourth-order valence-electron chi connectivity index (χ4n) is 2.25. The normalized spacial score (nSPS) is 10.4. The van der Waals surface area contributed by atoms with Crippen LogP contribution in [0.3, 0.4) is 0 Å². The molecule has 0 fully saturated rings. The van der Waals surface area contributed by atoms with Crippen LogP contribution >= 0.6 is 34.7 Å². The molecule has 2 aromatic carbocycles. The lowest BCUT2D eigenvalue weighted by molar-refractivity contribution is -0.114. The van der Waals surface area contributed by atoms with Gasteiger partial charge in [0.1, 0.15) is 0 Å². The van der Waals surface area contributed by atoms with Crippen molar-refractivity contribution in [2.24, 2.45) is 0 Å². The van der Waals surface area contributed by atoms with Gasteiger partial charge in [-0.2, -0.15) is 0 Å². The maximum Gasteiger partial charge on any atom is 0.236 e. The van der Waals surface area contributed by atoms with Gasteiger partial charge in [0.15, 0.2) is 5.13 Å². The molecule has 5 nitrogen and oxygen atoms in total. The molecule has 0 unspecified atom stereocenters. The first-order valence-electron chi connectivity index (χ1n) is 8.02. The van der Waals surface area contributed by atoms with Gasteiger partial charge in [-0.3, -0.25) is 9.59 Å². The van der Waals surface area contributed by atoms with Crippen molar-refractivity contribution in [3.63, 3.8) is 0 Å². The van der Waals surface area contributed by atoms with Crippen molar-refractivity contribution in [3.8, 4) is 11.3 Å². The molecule has 1 aromatic heterocycles. The van der Waals surface area contributed by atoms with E-state index in [1.54, 1.807) is 6.07 Å². The molecule has 2 N–H and O–H groups in total. The summed E-state index contributed by atoms with van der Waals surface area (Å²) >= 11 is 8.84. The molecule has 0 aliphatic heterocycles. The number of rotatable bonds is 6. The van der Waals surface area contributed by atoms with Gasteiger partial charge < -0.3 is 10.6 Å². The maximum atomic E-state index is 12.1. The summed E-state index contributed by atoms with van der Waals surface area (Å²) in [4.78, 5) is 28.5. The molecule has 0 spiro atoms. The third-order valence-electron chi connectivity index (χ3n) is 3.45. The van der Waals surface area contributed by atoms with Gasteiger partial charge in [-0.25, -0.2) is 4.98 Å². The monoisotopic (exact) mass is 417 g/mol. The van der Waals surface area contributed by atoms with E-state index in [0.29, 0.717) is 10.2 Å². The fraction of sp³-hybridized carbons (Fsp3) is 0.105. The number of halogens is 1. The number of nitrogens with zero attached hydrogens (tertiary/aromatic N) is 1. The van der Waals surface area contributed by atoms with E-state index < -0.39 is 0 Å². The van der Waals surface area contributed by atoms with Crippen LogP contribution in [-0.4, -0.2) is 22.6 Å². The average Bonchev–Trinajstić information content (AvgIpc) is 3.09. The first-order valence-corrected chi connectivity index (χ1v) is 10.3. The molecule has 0 aliphatic rings. The topological polar surface area (TPSA) is 71.1 Å². The second kappa shape index (κ2) is 9.03. The summed E-state index contributed by atoms with van der Waals surface area (Å²) in [5.41, 5.74) is 2.40. The van der Waals surface area contributed by atoms with Gasteiger partial charge in [-0.1, -0.05) is 35.9 Å². The number of aromatic nitrogens is 1. The predicted octanol–water partition coefficient (Wildman–Crippen LogP) is 5.15. The third-order valence-corrected chi connectivity index (χ3v) is 5.72. The van der Waals surface area contributed by atoms with E-state index in [4.69, 9.17) is 11.6 Å². The van der Waals surface area contributed by atoms with Gasteiger partial charge >= 0.3 is 0 Å². The summed E-state index contributed by atoms with van der Waals surface area (Å²) in [6.45, 7) is 1.47. The first-order chi connectivity index (χ1) is 13.0. The van der Waals surface area contributed by atoms with Crippen molar-refractivity contribution in [2.45, 2.75) is 11.8 Å². The molecule has 0 saturated heterocycles. The molecule has 3 aromatic rings. The van der Waals surface area contributed by atoms with Gasteiger partial charge in [-0.05, 0) is 24.3 Å². The number of thiazole rings is 1. The Labute approximate surface area is 170 Å². The molecule has 27 heavy (non-hydrogen) atoms. The zero-order valence-corrected chi connectivity index (χ0v) is 16.8. The molecule has 0 bridgehead atoms. The maximum absolute atomic E-state index is 12.1. The Kier molecular flexibility index (Phi) is 6.49. The Morgan fingerprint density at radius 1 is 1.11 bits per heavy atom. The van der Waals surface area contributed by atoms with Crippen LogP contribution in [0.1, 0.15) is 6.92 Å². The highest BCUT2D eigenvalue weighted by Gasteiger charge is 2.10. The second-order valence-corrected chi connectivity index (χ2v) is 7.85. The van der Waals surface area contributed by atoms with E-state index in [1.807, 2.05) is 47.8 Å². The largest absolute Gasteiger partial charge is 0.326 e. The summed E-state index contributed by atoms with van der Waals surface area (Å²) in [6.07, 6.45) is 0. The molecule has 0 saturated carbocycles. The Hall–Kier alpha value is -2.35. The second-order valence-electron chi connectivity index (χ2n) is 5.56. The van der Waals surface area contributed by atoms with E-state index in [1.165, 1.54) is 30.0 Å². The summed E-state index contributed by atoms with van der Waals surface area (Å²) < 4.78 is 0. The van der Waals surface area contributed by atoms with Crippen molar-refractivity contribution < 1.29 is 9.59 Å². The van der Waals surface area contributed by atoms with Crippen LogP contribution in [0.15, 0.2) is 58.8 Å². The molecule has 2 amide bonds. The first kappa shape index (κ1) is 19.4. The standard InChI is InChI=1S/C19H16ClN3O2S2/c1-12(24)21-14-8-6-13(7-9-14)16-10-27-19(22-16)23-18(25)11-26-17-5-3-2-4-15(17)20/h2-10H,11H2,1H3,(H,21,24)(H,22,23,25). The zero-order chi connectivity index (χ0) is 19.2. The number of hydrogen-bond donors (Lipinski definition) is 2. The Balaban J connectivity index is 1.58. The van der Waals surface area contributed by atoms with Gasteiger partial charge in [0, 0.05) is 28.5 Å². The lowest BCUT2D eigenvalue weighted by Gasteiger charge is -2.04. The smallest absolute Gasteiger partial charge is 0.236 e. The molecule has 138 valence electrons. The van der Waals surface area contributed by atoms with Crippen LogP contribution in [-0.2, 0) is 9.59 Å². The van der Waals surface area contributed by atoms with Crippen molar-refractivity contribution in [1.29, 1.82) is 0 Å². The van der Waals surface area contributed by atoms with Gasteiger partial charge in [0.2, 0.25) is 11.8 Å². The Morgan fingerprint density at radius 3 is 2.56 bits per heavy atom. The van der Waals surface area contributed by atoms with Crippen LogP contribution in [0.4, 0.5) is 10.8 Å². The van der Waals surface area contributed by atoms with E-state index in [-0.39, 0.29) is 17.6 Å². The average molecular weight is 418 g/mol. The van der Waals surface area contributed by atoms with Gasteiger partial charge in [0.05, 0.1) is 16.5 Å². The van der Waals surface area contributed by atoms with Gasteiger partial charge in [-0.15, -0.1) is 23.1 Å². The number of anilines is 2. The van der Waals surface area contributed by atoms with E-state index in [9.17, 15) is 9.59 Å². The highest BCUT2D eigenvalue weighted by molar-refractivity contribution is 8.00. The minimum atomic E-state index is -0.137. The molecule has 0 radical (unpaired) electrons. The number of benzene rings is 2. The lowest BCUT2D eigenvalue weighted by Crippen LogP contribution is -2.13.